The van der Waals surface area contributed by atoms with Crippen LogP contribution in [0.3, 0.4) is 0 Å². The van der Waals surface area contributed by atoms with E-state index in [0.29, 0.717) is 0 Å². The molecule has 7 heteroatoms. The number of hydrogen-bond acceptors (Lipinski definition) is 4. The minimum absolute atomic E-state index is 0.0435. The second-order valence-electron chi connectivity index (χ2n) is 7.04. The van der Waals surface area contributed by atoms with Crippen LogP contribution in [0.2, 0.25) is 0 Å². The SMILES string of the molecule is COc1ccc(C2Nn3c(C)ccc3SC2C(=O)Nc2ccc(C)cc2Br)cc1. The molecule has 0 aliphatic carbocycles. The largest absolute Gasteiger partial charge is 0.497 e. The first-order valence-corrected chi connectivity index (χ1v) is 11.0. The number of fused-ring (bicyclic) bond motifs is 1. The first-order chi connectivity index (χ1) is 14.0. The third kappa shape index (κ3) is 4.02. The van der Waals surface area contributed by atoms with E-state index in [1.54, 1.807) is 18.9 Å². The van der Waals surface area contributed by atoms with Gasteiger partial charge in [-0.1, -0.05) is 30.0 Å². The maximum atomic E-state index is 13.3. The Morgan fingerprint density at radius 2 is 1.90 bits per heavy atom. The number of hydrogen-bond donors (Lipinski definition) is 2. The first-order valence-electron chi connectivity index (χ1n) is 9.29. The van der Waals surface area contributed by atoms with Crippen LogP contribution < -0.4 is 15.5 Å². The van der Waals surface area contributed by atoms with Crippen molar-refractivity contribution in [2.75, 3.05) is 17.9 Å². The molecular weight excluding hydrogens is 450 g/mol. The van der Waals surface area contributed by atoms with Crippen molar-refractivity contribution >= 4 is 39.3 Å². The number of nitrogens with zero attached hydrogens (tertiary/aromatic N) is 1. The zero-order chi connectivity index (χ0) is 20.5. The molecule has 5 nitrogen and oxygen atoms in total. The van der Waals surface area contributed by atoms with Gasteiger partial charge in [-0.15, -0.1) is 0 Å². The number of thioether (sulfide) groups is 1. The van der Waals surface area contributed by atoms with Crippen molar-refractivity contribution in [2.24, 2.45) is 0 Å². The maximum absolute atomic E-state index is 13.3. The molecular formula is C22H22BrN3O2S. The van der Waals surface area contributed by atoms with Gasteiger partial charge in [0.1, 0.15) is 11.0 Å². The Labute approximate surface area is 182 Å². The maximum Gasteiger partial charge on any atom is 0.240 e. The molecule has 0 spiro atoms. The fourth-order valence-electron chi connectivity index (χ4n) is 3.37. The number of nitrogens with one attached hydrogen (secondary N) is 2. The number of aromatic nitrogens is 1. The summed E-state index contributed by atoms with van der Waals surface area (Å²) >= 11 is 5.12. The molecule has 1 aliphatic heterocycles. The lowest BCUT2D eigenvalue weighted by atomic mass is 10.0. The molecule has 1 aromatic heterocycles. The van der Waals surface area contributed by atoms with E-state index in [2.05, 4.69) is 32.7 Å². The summed E-state index contributed by atoms with van der Waals surface area (Å²) in [6, 6.07) is 17.7. The van der Waals surface area contributed by atoms with Gasteiger partial charge in [-0.25, -0.2) is 0 Å². The molecule has 0 fully saturated rings. The predicted molar refractivity (Wildman–Crippen MR) is 121 cm³/mol. The van der Waals surface area contributed by atoms with Crippen LogP contribution in [0.25, 0.3) is 0 Å². The smallest absolute Gasteiger partial charge is 0.240 e. The normalized spacial score (nSPS) is 17.9. The molecule has 0 radical (unpaired) electrons. The monoisotopic (exact) mass is 471 g/mol. The van der Waals surface area contributed by atoms with Gasteiger partial charge in [-0.05, 0) is 77.3 Å². The molecule has 0 saturated carbocycles. The molecule has 2 N–H and O–H groups in total. The number of amides is 1. The zero-order valence-corrected chi connectivity index (χ0v) is 18.8. The van der Waals surface area contributed by atoms with Gasteiger partial charge in [-0.3, -0.25) is 9.47 Å². The fraction of sp³-hybridized carbons (Fsp3) is 0.227. The van der Waals surface area contributed by atoms with Gasteiger partial charge in [-0.2, -0.15) is 0 Å². The Balaban J connectivity index is 1.66. The van der Waals surface area contributed by atoms with E-state index < -0.39 is 0 Å². The fourth-order valence-corrected chi connectivity index (χ4v) is 5.19. The molecule has 3 aromatic rings. The summed E-state index contributed by atoms with van der Waals surface area (Å²) in [5.74, 6) is 0.748. The van der Waals surface area contributed by atoms with Crippen molar-refractivity contribution in [1.29, 1.82) is 0 Å². The van der Waals surface area contributed by atoms with E-state index in [0.717, 1.165) is 37.8 Å². The van der Waals surface area contributed by atoms with Crippen LogP contribution in [0.1, 0.15) is 22.9 Å². The van der Waals surface area contributed by atoms with E-state index in [-0.39, 0.29) is 17.2 Å². The van der Waals surface area contributed by atoms with Crippen molar-refractivity contribution in [3.8, 4) is 5.75 Å². The van der Waals surface area contributed by atoms with Crippen LogP contribution in [0.4, 0.5) is 5.69 Å². The summed E-state index contributed by atoms with van der Waals surface area (Å²) in [7, 11) is 1.65. The standard InChI is InChI=1S/C22H22BrN3O2S/c1-13-4-10-18(17(23)12-13)24-22(27)21-20(15-6-8-16(28-3)9-7-15)25-26-14(2)5-11-19(26)29-21/h4-12,20-21,25H,1-3H3,(H,24,27). The van der Waals surface area contributed by atoms with Gasteiger partial charge in [0.05, 0.1) is 23.9 Å². The third-order valence-corrected chi connectivity index (χ3v) is 6.93. The van der Waals surface area contributed by atoms with Crippen molar-refractivity contribution in [2.45, 2.75) is 30.2 Å². The number of rotatable bonds is 4. The second kappa shape index (κ2) is 8.16. The highest BCUT2D eigenvalue weighted by molar-refractivity contribution is 9.10. The highest BCUT2D eigenvalue weighted by Gasteiger charge is 2.36. The Kier molecular flexibility index (Phi) is 5.61. The average molecular weight is 472 g/mol. The Hall–Kier alpha value is -2.38. The molecule has 2 unspecified atom stereocenters. The first kappa shape index (κ1) is 19.9. The molecule has 2 heterocycles. The second-order valence-corrected chi connectivity index (χ2v) is 9.06. The molecule has 2 atom stereocenters. The van der Waals surface area contributed by atoms with E-state index >= 15 is 0 Å². The van der Waals surface area contributed by atoms with Gasteiger partial charge in [0.2, 0.25) is 5.91 Å². The zero-order valence-electron chi connectivity index (χ0n) is 16.4. The van der Waals surface area contributed by atoms with Gasteiger partial charge in [0, 0.05) is 10.2 Å². The van der Waals surface area contributed by atoms with Crippen LogP contribution >= 0.6 is 27.7 Å². The Morgan fingerprint density at radius 1 is 1.14 bits per heavy atom. The van der Waals surface area contributed by atoms with Crippen molar-refractivity contribution in [3.63, 3.8) is 0 Å². The molecule has 4 rings (SSSR count). The molecule has 1 aliphatic rings. The van der Waals surface area contributed by atoms with Gasteiger partial charge < -0.3 is 15.5 Å². The minimum atomic E-state index is -0.335. The molecule has 29 heavy (non-hydrogen) atoms. The van der Waals surface area contributed by atoms with E-state index in [9.17, 15) is 4.79 Å². The number of benzene rings is 2. The van der Waals surface area contributed by atoms with Crippen LogP contribution in [-0.2, 0) is 4.79 Å². The lowest BCUT2D eigenvalue weighted by molar-refractivity contribution is -0.116. The van der Waals surface area contributed by atoms with Crippen LogP contribution in [-0.4, -0.2) is 22.9 Å². The molecule has 2 aromatic carbocycles. The third-order valence-electron chi connectivity index (χ3n) is 4.97. The van der Waals surface area contributed by atoms with Crippen LogP contribution in [0, 0.1) is 13.8 Å². The summed E-state index contributed by atoms with van der Waals surface area (Å²) in [5.41, 5.74) is 7.56. The van der Waals surface area contributed by atoms with Gasteiger partial charge >= 0.3 is 0 Å². The van der Waals surface area contributed by atoms with E-state index in [4.69, 9.17) is 4.74 Å². The quantitative estimate of drug-likeness (QED) is 0.543. The molecule has 0 bridgehead atoms. The van der Waals surface area contributed by atoms with Gasteiger partial charge in [0.25, 0.3) is 0 Å². The summed E-state index contributed by atoms with van der Waals surface area (Å²) in [4.78, 5) is 13.3. The number of anilines is 1. The number of methoxy groups -OCH3 is 1. The molecule has 150 valence electrons. The number of carbonyl (C=O) groups excluding carboxylic acids is 1. The highest BCUT2D eigenvalue weighted by atomic mass is 79.9. The number of carbonyl (C=O) groups is 1. The van der Waals surface area contributed by atoms with E-state index in [1.807, 2.05) is 67.1 Å². The average Bonchev–Trinajstić information content (AvgIpc) is 3.09. The Bertz CT molecular complexity index is 1050. The molecule has 0 saturated heterocycles. The van der Waals surface area contributed by atoms with Crippen LogP contribution in [0.15, 0.2) is 64.1 Å². The lowest BCUT2D eigenvalue weighted by Crippen LogP contribution is -2.41. The Morgan fingerprint density at radius 3 is 2.59 bits per heavy atom. The lowest BCUT2D eigenvalue weighted by Gasteiger charge is -2.34. The summed E-state index contributed by atoms with van der Waals surface area (Å²) < 4.78 is 8.20. The summed E-state index contributed by atoms with van der Waals surface area (Å²) in [6.07, 6.45) is 0. The molecule has 1 amide bonds. The predicted octanol–water partition coefficient (Wildman–Crippen LogP) is 5.27. The summed E-state index contributed by atoms with van der Waals surface area (Å²) in [6.45, 7) is 4.07. The topological polar surface area (TPSA) is 55.3 Å². The van der Waals surface area contributed by atoms with Crippen molar-refractivity contribution in [3.05, 3.63) is 75.9 Å². The van der Waals surface area contributed by atoms with E-state index in [1.165, 1.54) is 0 Å². The van der Waals surface area contributed by atoms with Gasteiger partial charge in [0.15, 0.2) is 0 Å². The van der Waals surface area contributed by atoms with Crippen molar-refractivity contribution in [1.82, 2.24) is 4.68 Å². The highest BCUT2D eigenvalue weighted by Crippen LogP contribution is 2.39. The summed E-state index contributed by atoms with van der Waals surface area (Å²) in [5, 5.41) is 3.78. The number of ether oxygens (including phenoxy) is 1. The number of halogens is 1. The number of aryl methyl sites for hydroxylation is 2. The minimum Gasteiger partial charge on any atom is -0.497 e. The van der Waals surface area contributed by atoms with Crippen molar-refractivity contribution < 1.29 is 9.53 Å². The van der Waals surface area contributed by atoms with Crippen LogP contribution in [0.5, 0.6) is 5.75 Å².